The third-order valence-corrected chi connectivity index (χ3v) is 5.29. The minimum atomic E-state index is -0.630. The lowest BCUT2D eigenvalue weighted by Gasteiger charge is -2.24. The molecule has 0 heterocycles. The summed E-state index contributed by atoms with van der Waals surface area (Å²) < 4.78 is 0. The molecule has 27 heavy (non-hydrogen) atoms. The van der Waals surface area contributed by atoms with Crippen molar-refractivity contribution in [3.63, 3.8) is 0 Å². The van der Waals surface area contributed by atoms with Crippen LogP contribution in [0.5, 0.6) is 0 Å². The quantitative estimate of drug-likeness (QED) is 0.428. The van der Waals surface area contributed by atoms with Crippen LogP contribution in [0.4, 0.5) is 0 Å². The van der Waals surface area contributed by atoms with Crippen LogP contribution in [0, 0.1) is 17.8 Å². The summed E-state index contributed by atoms with van der Waals surface area (Å²) in [4.78, 5) is 0. The van der Waals surface area contributed by atoms with Gasteiger partial charge in [0.15, 0.2) is 0 Å². The first-order valence-corrected chi connectivity index (χ1v) is 10.9. The predicted molar refractivity (Wildman–Crippen MR) is 114 cm³/mol. The fraction of sp³-hybridized carbons (Fsp3) is 0.750. The molecule has 0 spiro atoms. The van der Waals surface area contributed by atoms with Gasteiger partial charge in [-0.05, 0) is 61.8 Å². The highest BCUT2D eigenvalue weighted by atomic mass is 16.3. The van der Waals surface area contributed by atoms with Gasteiger partial charge < -0.3 is 15.3 Å². The average Bonchev–Trinajstić information content (AvgIpc) is 2.59. The smallest absolute Gasteiger partial charge is 0.0801 e. The Kier molecular flexibility index (Phi) is 11.9. The van der Waals surface area contributed by atoms with Gasteiger partial charge in [0.25, 0.3) is 0 Å². The van der Waals surface area contributed by atoms with Gasteiger partial charge in [0.1, 0.15) is 0 Å². The molecule has 0 amide bonds. The second-order valence-electron chi connectivity index (χ2n) is 9.10. The van der Waals surface area contributed by atoms with Gasteiger partial charge in [-0.2, -0.15) is 0 Å². The van der Waals surface area contributed by atoms with Gasteiger partial charge in [0.2, 0.25) is 0 Å². The van der Waals surface area contributed by atoms with Gasteiger partial charge in [-0.1, -0.05) is 70.9 Å². The summed E-state index contributed by atoms with van der Waals surface area (Å²) in [5.41, 5.74) is 1.28. The fourth-order valence-corrected chi connectivity index (χ4v) is 3.93. The molecule has 0 aromatic heterocycles. The van der Waals surface area contributed by atoms with Gasteiger partial charge in [-0.25, -0.2) is 0 Å². The number of benzene rings is 1. The highest BCUT2D eigenvalue weighted by Gasteiger charge is 2.20. The Balaban J connectivity index is 2.38. The third kappa shape index (κ3) is 11.5. The summed E-state index contributed by atoms with van der Waals surface area (Å²) in [5, 5.41) is 30.7. The molecule has 0 aliphatic heterocycles. The monoisotopic (exact) mass is 378 g/mol. The molecule has 4 unspecified atom stereocenters. The Labute approximate surface area is 166 Å². The molecule has 0 fully saturated rings. The van der Waals surface area contributed by atoms with Crippen molar-refractivity contribution in [1.29, 1.82) is 0 Å². The van der Waals surface area contributed by atoms with E-state index in [1.54, 1.807) is 0 Å². The Morgan fingerprint density at radius 1 is 0.704 bits per heavy atom. The van der Waals surface area contributed by atoms with E-state index < -0.39 is 12.2 Å². The second kappa shape index (κ2) is 13.3. The standard InChI is InChI=1S/C24H42O3/c1-18(2)15-21(11-8-12-23(26)24(27)16-19(3)4)17-22(25)14-13-20-9-6-5-7-10-20/h5-7,9-10,18-19,21-27H,8,11-17H2,1-4H3. The lowest BCUT2D eigenvalue weighted by molar-refractivity contribution is 0.000801. The topological polar surface area (TPSA) is 60.7 Å². The molecule has 0 saturated heterocycles. The van der Waals surface area contributed by atoms with Crippen molar-refractivity contribution in [2.75, 3.05) is 0 Å². The van der Waals surface area contributed by atoms with Crippen LogP contribution in [0.15, 0.2) is 30.3 Å². The molecule has 3 N–H and O–H groups in total. The molecular weight excluding hydrogens is 336 g/mol. The number of hydrogen-bond donors (Lipinski definition) is 3. The summed E-state index contributed by atoms with van der Waals surface area (Å²) in [5.74, 6) is 1.47. The van der Waals surface area contributed by atoms with Gasteiger partial charge >= 0.3 is 0 Å². The highest BCUT2D eigenvalue weighted by molar-refractivity contribution is 5.14. The van der Waals surface area contributed by atoms with Crippen molar-refractivity contribution in [2.45, 2.75) is 97.4 Å². The van der Waals surface area contributed by atoms with Crippen LogP contribution in [-0.2, 0) is 6.42 Å². The molecule has 3 nitrogen and oxygen atoms in total. The van der Waals surface area contributed by atoms with Crippen LogP contribution in [-0.4, -0.2) is 33.6 Å². The molecule has 0 bridgehead atoms. The van der Waals surface area contributed by atoms with Crippen LogP contribution in [0.1, 0.15) is 78.2 Å². The van der Waals surface area contributed by atoms with Crippen LogP contribution in [0.2, 0.25) is 0 Å². The molecule has 1 aromatic rings. The van der Waals surface area contributed by atoms with E-state index in [-0.39, 0.29) is 6.10 Å². The maximum absolute atomic E-state index is 10.5. The van der Waals surface area contributed by atoms with Crippen molar-refractivity contribution in [3.05, 3.63) is 35.9 Å². The molecule has 156 valence electrons. The minimum absolute atomic E-state index is 0.273. The normalized spacial score (nSPS) is 16.5. The van der Waals surface area contributed by atoms with Crippen molar-refractivity contribution in [3.8, 4) is 0 Å². The van der Waals surface area contributed by atoms with Crippen LogP contribution in [0.3, 0.4) is 0 Å². The van der Waals surface area contributed by atoms with Crippen molar-refractivity contribution >= 4 is 0 Å². The van der Waals surface area contributed by atoms with E-state index in [4.69, 9.17) is 0 Å². The molecule has 3 heteroatoms. The maximum Gasteiger partial charge on any atom is 0.0801 e. The summed E-state index contributed by atoms with van der Waals surface area (Å²) in [6, 6.07) is 10.3. The zero-order chi connectivity index (χ0) is 20.2. The van der Waals surface area contributed by atoms with Gasteiger partial charge in [0, 0.05) is 0 Å². The zero-order valence-electron chi connectivity index (χ0n) is 17.8. The molecule has 0 radical (unpaired) electrons. The Hall–Kier alpha value is -0.900. The SMILES string of the molecule is CC(C)CC(CCCC(O)C(O)CC(C)C)CC(O)CCc1ccccc1. The average molecular weight is 379 g/mol. The van der Waals surface area contributed by atoms with Crippen LogP contribution in [0.25, 0.3) is 0 Å². The minimum Gasteiger partial charge on any atom is -0.393 e. The first-order chi connectivity index (χ1) is 12.8. The van der Waals surface area contributed by atoms with Gasteiger partial charge in [-0.3, -0.25) is 0 Å². The molecule has 4 atom stereocenters. The first kappa shape index (κ1) is 24.1. The Bertz CT molecular complexity index is 472. The molecule has 1 rings (SSSR count). The number of rotatable bonds is 14. The zero-order valence-corrected chi connectivity index (χ0v) is 17.8. The number of aryl methyl sites for hydroxylation is 1. The number of aliphatic hydroxyl groups is 3. The second-order valence-corrected chi connectivity index (χ2v) is 9.10. The van der Waals surface area contributed by atoms with Gasteiger partial charge in [-0.15, -0.1) is 0 Å². The van der Waals surface area contributed by atoms with Crippen LogP contribution >= 0.6 is 0 Å². The third-order valence-electron chi connectivity index (χ3n) is 5.29. The molecule has 0 aliphatic carbocycles. The number of aliphatic hydroxyl groups excluding tert-OH is 3. The van der Waals surface area contributed by atoms with Crippen LogP contribution < -0.4 is 0 Å². The van der Waals surface area contributed by atoms with Crippen molar-refractivity contribution in [1.82, 2.24) is 0 Å². The molecule has 1 aromatic carbocycles. The van der Waals surface area contributed by atoms with E-state index in [0.29, 0.717) is 30.6 Å². The van der Waals surface area contributed by atoms with E-state index in [9.17, 15) is 15.3 Å². The summed E-state index contributed by atoms with van der Waals surface area (Å²) in [6.45, 7) is 8.58. The van der Waals surface area contributed by atoms with Crippen molar-refractivity contribution < 1.29 is 15.3 Å². The predicted octanol–water partition coefficient (Wildman–Crippen LogP) is 4.97. The lowest BCUT2D eigenvalue weighted by atomic mass is 9.86. The summed E-state index contributed by atoms with van der Waals surface area (Å²) in [6.07, 6.45) is 5.32. The van der Waals surface area contributed by atoms with Crippen molar-refractivity contribution in [2.24, 2.45) is 17.8 Å². The first-order valence-electron chi connectivity index (χ1n) is 10.9. The summed E-state index contributed by atoms with van der Waals surface area (Å²) in [7, 11) is 0. The van der Waals surface area contributed by atoms with E-state index >= 15 is 0 Å². The Morgan fingerprint density at radius 3 is 1.93 bits per heavy atom. The van der Waals surface area contributed by atoms with E-state index in [1.807, 2.05) is 18.2 Å². The molecular formula is C24H42O3. The van der Waals surface area contributed by atoms with Gasteiger partial charge in [0.05, 0.1) is 18.3 Å². The summed E-state index contributed by atoms with van der Waals surface area (Å²) >= 11 is 0. The maximum atomic E-state index is 10.5. The molecule has 0 aliphatic rings. The van der Waals surface area contributed by atoms with E-state index in [1.165, 1.54) is 5.56 Å². The lowest BCUT2D eigenvalue weighted by Crippen LogP contribution is -2.27. The molecule has 0 saturated carbocycles. The van der Waals surface area contributed by atoms with E-state index in [0.717, 1.165) is 38.5 Å². The van der Waals surface area contributed by atoms with E-state index in [2.05, 4.69) is 39.8 Å². The largest absolute Gasteiger partial charge is 0.393 e. The fourth-order valence-electron chi connectivity index (χ4n) is 3.93. The Morgan fingerprint density at radius 2 is 1.33 bits per heavy atom. The highest BCUT2D eigenvalue weighted by Crippen LogP contribution is 2.25. The number of hydrogen-bond acceptors (Lipinski definition) is 3.